The van der Waals surface area contributed by atoms with Crippen molar-refractivity contribution in [3.8, 4) is 11.6 Å². The second kappa shape index (κ2) is 3.39. The van der Waals surface area contributed by atoms with Crippen LogP contribution >= 0.6 is 0 Å². The number of nitrogens with zero attached hydrogens (tertiary/aromatic N) is 4. The van der Waals surface area contributed by atoms with Crippen LogP contribution in [-0.2, 0) is 17.1 Å². The number of hydrogen-bond acceptors (Lipinski definition) is 6. The van der Waals surface area contributed by atoms with Gasteiger partial charge in [-0.2, -0.15) is 10.1 Å². The molecule has 0 bridgehead atoms. The minimum atomic E-state index is -3.86. The van der Waals surface area contributed by atoms with Crippen LogP contribution in [0, 0.1) is 6.92 Å². The summed E-state index contributed by atoms with van der Waals surface area (Å²) in [5.41, 5.74) is 0.183. The quantitative estimate of drug-likeness (QED) is 0.754. The Morgan fingerprint density at radius 2 is 2.19 bits per heavy atom. The molecule has 2 N–H and O–H groups in total. The molecule has 0 aliphatic rings. The van der Waals surface area contributed by atoms with Gasteiger partial charge >= 0.3 is 0 Å². The fraction of sp³-hybridized carbons (Fsp3) is 0.286. The Balaban J connectivity index is 2.69. The van der Waals surface area contributed by atoms with Crippen LogP contribution in [0.1, 0.15) is 5.82 Å². The molecule has 9 heteroatoms. The van der Waals surface area contributed by atoms with Crippen molar-refractivity contribution >= 4 is 10.0 Å². The van der Waals surface area contributed by atoms with Crippen LogP contribution in [0.2, 0.25) is 0 Å². The minimum Gasteiger partial charge on any atom is -0.332 e. The van der Waals surface area contributed by atoms with Crippen LogP contribution in [0.15, 0.2) is 15.6 Å². The van der Waals surface area contributed by atoms with Crippen LogP contribution in [0.4, 0.5) is 0 Å². The van der Waals surface area contributed by atoms with Gasteiger partial charge in [0.15, 0.2) is 5.82 Å². The molecule has 8 nitrogen and oxygen atoms in total. The van der Waals surface area contributed by atoms with E-state index in [0.717, 1.165) is 6.20 Å². The predicted molar refractivity (Wildman–Crippen MR) is 52.6 cm³/mol. The highest BCUT2D eigenvalue weighted by molar-refractivity contribution is 7.89. The first-order chi connectivity index (χ1) is 7.39. The minimum absolute atomic E-state index is 0.0709. The number of aryl methyl sites for hydroxylation is 2. The van der Waals surface area contributed by atoms with Gasteiger partial charge in [-0.3, -0.25) is 4.68 Å². The van der Waals surface area contributed by atoms with E-state index in [2.05, 4.69) is 15.2 Å². The smallest absolute Gasteiger partial charge is 0.277 e. The molecular weight excluding hydrogens is 234 g/mol. The molecule has 0 aromatic carbocycles. The molecule has 0 fully saturated rings. The van der Waals surface area contributed by atoms with E-state index in [0.29, 0.717) is 5.82 Å². The summed E-state index contributed by atoms with van der Waals surface area (Å²) in [7, 11) is -2.30. The van der Waals surface area contributed by atoms with Crippen LogP contribution in [0.25, 0.3) is 11.6 Å². The zero-order valence-corrected chi connectivity index (χ0v) is 9.39. The van der Waals surface area contributed by atoms with Crippen molar-refractivity contribution in [2.75, 3.05) is 0 Å². The van der Waals surface area contributed by atoms with Gasteiger partial charge in [-0.05, 0) is 6.92 Å². The maximum Gasteiger partial charge on any atom is 0.277 e. The van der Waals surface area contributed by atoms with Gasteiger partial charge in [0.1, 0.15) is 10.6 Å². The molecule has 2 aromatic heterocycles. The summed E-state index contributed by atoms with van der Waals surface area (Å²) in [6, 6.07) is 0. The maximum atomic E-state index is 11.3. The first-order valence-electron chi connectivity index (χ1n) is 4.25. The number of sulfonamides is 1. The normalized spacial score (nSPS) is 11.9. The molecule has 0 radical (unpaired) electrons. The summed E-state index contributed by atoms with van der Waals surface area (Å²) in [6.07, 6.45) is 1.14. The van der Waals surface area contributed by atoms with E-state index in [1.165, 1.54) is 4.68 Å². The van der Waals surface area contributed by atoms with Crippen molar-refractivity contribution in [2.45, 2.75) is 11.8 Å². The highest BCUT2D eigenvalue weighted by Gasteiger charge is 2.23. The van der Waals surface area contributed by atoms with Crippen molar-refractivity contribution in [1.82, 2.24) is 19.9 Å². The van der Waals surface area contributed by atoms with Crippen LogP contribution < -0.4 is 5.14 Å². The van der Waals surface area contributed by atoms with E-state index in [-0.39, 0.29) is 16.5 Å². The highest BCUT2D eigenvalue weighted by Crippen LogP contribution is 2.23. The Bertz CT molecular complexity index is 626. The number of hydrogen-bond donors (Lipinski definition) is 1. The average molecular weight is 243 g/mol. The Morgan fingerprint density at radius 1 is 1.50 bits per heavy atom. The van der Waals surface area contributed by atoms with Gasteiger partial charge < -0.3 is 4.52 Å². The lowest BCUT2D eigenvalue weighted by Gasteiger charge is -1.98. The van der Waals surface area contributed by atoms with Crippen LogP contribution in [0.3, 0.4) is 0 Å². The zero-order chi connectivity index (χ0) is 11.9. The van der Waals surface area contributed by atoms with Crippen molar-refractivity contribution in [3.05, 3.63) is 12.0 Å². The molecule has 2 rings (SSSR count). The average Bonchev–Trinajstić information content (AvgIpc) is 2.70. The molecule has 0 saturated heterocycles. The van der Waals surface area contributed by atoms with Gasteiger partial charge in [0, 0.05) is 7.05 Å². The van der Waals surface area contributed by atoms with Gasteiger partial charge in [-0.15, -0.1) is 0 Å². The SMILES string of the molecule is Cc1noc(-c2c(S(N)(=O)=O)cnn2C)n1. The van der Waals surface area contributed by atoms with Crippen molar-refractivity contribution in [3.63, 3.8) is 0 Å². The lowest BCUT2D eigenvalue weighted by molar-refractivity contribution is 0.421. The second-order valence-corrected chi connectivity index (χ2v) is 4.70. The molecule has 0 aliphatic heterocycles. The Morgan fingerprint density at radius 3 is 2.69 bits per heavy atom. The molecule has 0 aliphatic carbocycles. The van der Waals surface area contributed by atoms with Gasteiger partial charge in [0.25, 0.3) is 5.89 Å². The van der Waals surface area contributed by atoms with Gasteiger partial charge in [-0.25, -0.2) is 13.6 Å². The van der Waals surface area contributed by atoms with Gasteiger partial charge in [0.05, 0.1) is 6.20 Å². The number of nitrogens with two attached hydrogens (primary N) is 1. The third kappa shape index (κ3) is 1.70. The molecule has 0 spiro atoms. The molecule has 0 saturated carbocycles. The van der Waals surface area contributed by atoms with Crippen LogP contribution in [0.5, 0.6) is 0 Å². The van der Waals surface area contributed by atoms with Crippen molar-refractivity contribution in [1.29, 1.82) is 0 Å². The Kier molecular flexibility index (Phi) is 2.28. The molecule has 2 aromatic rings. The molecule has 2 heterocycles. The first-order valence-corrected chi connectivity index (χ1v) is 5.79. The van der Waals surface area contributed by atoms with Crippen molar-refractivity contribution < 1.29 is 12.9 Å². The molecular formula is C7H9N5O3S. The Hall–Kier alpha value is -1.74. The summed E-state index contributed by atoms with van der Waals surface area (Å²) in [4.78, 5) is 3.79. The second-order valence-electron chi connectivity index (χ2n) is 3.17. The van der Waals surface area contributed by atoms with Crippen LogP contribution in [-0.4, -0.2) is 28.3 Å². The summed E-state index contributed by atoms with van der Waals surface area (Å²) in [5.74, 6) is 0.470. The molecule has 0 atom stereocenters. The standard InChI is InChI=1S/C7H9N5O3S/c1-4-10-7(15-11-4)6-5(16(8,13)14)3-9-12(6)2/h3H,1-2H3,(H2,8,13,14). The largest absolute Gasteiger partial charge is 0.332 e. The maximum absolute atomic E-state index is 11.3. The van der Waals surface area contributed by atoms with E-state index < -0.39 is 10.0 Å². The molecule has 86 valence electrons. The lowest BCUT2D eigenvalue weighted by atomic mass is 10.4. The summed E-state index contributed by atoms with van der Waals surface area (Å²) < 4.78 is 28.8. The predicted octanol–water partition coefficient (Wildman–Crippen LogP) is -0.574. The number of primary sulfonamides is 1. The summed E-state index contributed by atoms with van der Waals surface area (Å²) >= 11 is 0. The van der Waals surface area contributed by atoms with E-state index in [1.807, 2.05) is 0 Å². The van der Waals surface area contributed by atoms with E-state index in [1.54, 1.807) is 14.0 Å². The molecule has 16 heavy (non-hydrogen) atoms. The first kappa shape index (κ1) is 10.8. The highest BCUT2D eigenvalue weighted by atomic mass is 32.2. The van der Waals surface area contributed by atoms with Gasteiger partial charge in [0.2, 0.25) is 10.0 Å². The molecule has 0 amide bonds. The molecule has 0 unspecified atom stereocenters. The van der Waals surface area contributed by atoms with E-state index in [4.69, 9.17) is 9.66 Å². The van der Waals surface area contributed by atoms with Crippen molar-refractivity contribution in [2.24, 2.45) is 12.2 Å². The van der Waals surface area contributed by atoms with E-state index >= 15 is 0 Å². The monoisotopic (exact) mass is 243 g/mol. The fourth-order valence-corrected chi connectivity index (χ4v) is 1.95. The summed E-state index contributed by atoms with van der Waals surface area (Å²) in [5, 5.41) is 12.4. The Labute approximate surface area is 91.1 Å². The lowest BCUT2D eigenvalue weighted by Crippen LogP contribution is -2.13. The third-order valence-corrected chi connectivity index (χ3v) is 2.85. The van der Waals surface area contributed by atoms with Gasteiger partial charge in [-0.1, -0.05) is 5.16 Å². The topological polar surface area (TPSA) is 117 Å². The number of rotatable bonds is 2. The van der Waals surface area contributed by atoms with E-state index in [9.17, 15) is 8.42 Å². The fourth-order valence-electron chi connectivity index (χ4n) is 1.26. The summed E-state index contributed by atoms with van der Waals surface area (Å²) in [6.45, 7) is 1.62. The number of aromatic nitrogens is 4. The zero-order valence-electron chi connectivity index (χ0n) is 8.58. The third-order valence-electron chi connectivity index (χ3n) is 1.94.